The van der Waals surface area contributed by atoms with E-state index >= 15 is 0 Å². The second kappa shape index (κ2) is 5.87. The van der Waals surface area contributed by atoms with E-state index in [1.165, 1.54) is 5.56 Å². The molecule has 1 aliphatic rings. The molecule has 2 nitrogen and oxygen atoms in total. The van der Waals surface area contributed by atoms with Gasteiger partial charge in [-0.15, -0.1) is 0 Å². The summed E-state index contributed by atoms with van der Waals surface area (Å²) in [6, 6.07) is 10.3. The number of Topliss-reactive ketones (excluding diaryl/α,β-unsaturated/α-hetero) is 1. The van der Waals surface area contributed by atoms with Crippen LogP contribution in [0.1, 0.15) is 32.8 Å². The van der Waals surface area contributed by atoms with E-state index in [2.05, 4.69) is 36.2 Å². The molecule has 100 valence electrons. The largest absolute Gasteiger partial charge is 0.347 e. The van der Waals surface area contributed by atoms with Crippen LogP contribution in [0.5, 0.6) is 0 Å². The molecule has 1 unspecified atom stereocenters. The van der Waals surface area contributed by atoms with Crippen LogP contribution in [0.15, 0.2) is 53.9 Å². The van der Waals surface area contributed by atoms with Crippen LogP contribution in [-0.4, -0.2) is 10.7 Å². The molecular weight excluding hydrogens is 234 g/mol. The number of benzene rings is 1. The lowest BCUT2D eigenvalue weighted by Crippen LogP contribution is -2.25. The first-order valence-electron chi connectivity index (χ1n) is 6.84. The van der Waals surface area contributed by atoms with Gasteiger partial charge in [-0.05, 0) is 25.8 Å². The molecule has 1 aliphatic heterocycles. The lowest BCUT2D eigenvalue weighted by Gasteiger charge is -2.30. The molecular formula is C17H21NO. The van der Waals surface area contributed by atoms with Gasteiger partial charge in [-0.2, -0.15) is 0 Å². The van der Waals surface area contributed by atoms with Crippen LogP contribution in [0, 0.1) is 5.92 Å². The van der Waals surface area contributed by atoms with E-state index in [9.17, 15) is 4.79 Å². The molecule has 0 aliphatic carbocycles. The maximum atomic E-state index is 11.9. The molecule has 0 aromatic heterocycles. The van der Waals surface area contributed by atoms with Crippen molar-refractivity contribution in [3.63, 3.8) is 0 Å². The van der Waals surface area contributed by atoms with Gasteiger partial charge in [-0.25, -0.2) is 0 Å². The first-order valence-corrected chi connectivity index (χ1v) is 6.84. The number of ketones is 1. The smallest absolute Gasteiger partial charge is 0.158 e. The molecule has 2 rings (SSSR count). The number of allylic oxidation sites excluding steroid dienone is 3. The summed E-state index contributed by atoms with van der Waals surface area (Å²) < 4.78 is 0. The van der Waals surface area contributed by atoms with E-state index in [0.29, 0.717) is 0 Å². The van der Waals surface area contributed by atoms with Crippen molar-refractivity contribution in [2.24, 2.45) is 5.92 Å². The number of nitrogens with zero attached hydrogens (tertiary/aromatic N) is 1. The molecule has 1 atom stereocenters. The predicted octanol–water partition coefficient (Wildman–Crippen LogP) is 3.91. The van der Waals surface area contributed by atoms with E-state index in [-0.39, 0.29) is 11.7 Å². The summed E-state index contributed by atoms with van der Waals surface area (Å²) in [6.45, 7) is 6.65. The molecule has 1 heterocycles. The number of carbonyl (C=O) groups excluding carboxylic acids is 1. The molecule has 0 fully saturated rings. The quantitative estimate of drug-likeness (QED) is 0.813. The van der Waals surface area contributed by atoms with Gasteiger partial charge < -0.3 is 4.90 Å². The monoisotopic (exact) mass is 255 g/mol. The number of carbonyl (C=O) groups is 1. The fraction of sp³-hybridized carbons (Fsp3) is 0.353. The van der Waals surface area contributed by atoms with Crippen LogP contribution in [0.25, 0.3) is 0 Å². The van der Waals surface area contributed by atoms with Crippen LogP contribution in [0.4, 0.5) is 0 Å². The van der Waals surface area contributed by atoms with Gasteiger partial charge in [0.1, 0.15) is 0 Å². The average Bonchev–Trinajstić information content (AvgIpc) is 2.41. The summed E-state index contributed by atoms with van der Waals surface area (Å²) >= 11 is 0. The SMILES string of the molecule is CCC1C=CN(Cc2ccccc2)C(C)=C1C(C)=O. The third-order valence-electron chi connectivity index (χ3n) is 3.70. The van der Waals surface area contributed by atoms with Gasteiger partial charge in [0.2, 0.25) is 0 Å². The number of rotatable bonds is 4. The lowest BCUT2D eigenvalue weighted by molar-refractivity contribution is -0.114. The minimum atomic E-state index is 0.187. The van der Waals surface area contributed by atoms with E-state index in [1.807, 2.05) is 25.1 Å². The van der Waals surface area contributed by atoms with Crippen LogP contribution >= 0.6 is 0 Å². The van der Waals surface area contributed by atoms with Crippen molar-refractivity contribution in [3.8, 4) is 0 Å². The fourth-order valence-electron chi connectivity index (χ4n) is 2.65. The Bertz CT molecular complexity index is 513. The highest BCUT2D eigenvalue weighted by atomic mass is 16.1. The van der Waals surface area contributed by atoms with Crippen molar-refractivity contribution < 1.29 is 4.79 Å². The Kier molecular flexibility index (Phi) is 4.20. The van der Waals surface area contributed by atoms with Crippen molar-refractivity contribution in [2.75, 3.05) is 0 Å². The van der Waals surface area contributed by atoms with E-state index in [4.69, 9.17) is 0 Å². The van der Waals surface area contributed by atoms with Crippen molar-refractivity contribution in [1.29, 1.82) is 0 Å². The summed E-state index contributed by atoms with van der Waals surface area (Å²) in [7, 11) is 0. The summed E-state index contributed by atoms with van der Waals surface area (Å²) in [5, 5.41) is 0. The average molecular weight is 255 g/mol. The molecule has 0 bridgehead atoms. The topological polar surface area (TPSA) is 20.3 Å². The van der Waals surface area contributed by atoms with Gasteiger partial charge in [-0.1, -0.05) is 43.3 Å². The fourth-order valence-corrected chi connectivity index (χ4v) is 2.65. The Morgan fingerprint density at radius 2 is 1.95 bits per heavy atom. The van der Waals surface area contributed by atoms with Gasteiger partial charge in [0.15, 0.2) is 5.78 Å². The Morgan fingerprint density at radius 3 is 2.53 bits per heavy atom. The van der Waals surface area contributed by atoms with Crippen LogP contribution in [0.2, 0.25) is 0 Å². The van der Waals surface area contributed by atoms with Crippen molar-refractivity contribution in [1.82, 2.24) is 4.90 Å². The Labute approximate surface area is 115 Å². The molecule has 1 aromatic rings. The maximum absolute atomic E-state index is 11.9. The van der Waals surface area contributed by atoms with Gasteiger partial charge >= 0.3 is 0 Å². The van der Waals surface area contributed by atoms with Crippen LogP contribution in [0.3, 0.4) is 0 Å². The summed E-state index contributed by atoms with van der Waals surface area (Å²) in [4.78, 5) is 14.0. The zero-order valence-electron chi connectivity index (χ0n) is 11.9. The minimum Gasteiger partial charge on any atom is -0.347 e. The molecule has 0 N–H and O–H groups in total. The van der Waals surface area contributed by atoms with E-state index in [0.717, 1.165) is 24.2 Å². The normalized spacial score (nSPS) is 18.9. The maximum Gasteiger partial charge on any atom is 0.158 e. The molecule has 1 aromatic carbocycles. The van der Waals surface area contributed by atoms with Gasteiger partial charge in [0.25, 0.3) is 0 Å². The zero-order chi connectivity index (χ0) is 13.8. The highest BCUT2D eigenvalue weighted by Gasteiger charge is 2.23. The van der Waals surface area contributed by atoms with E-state index in [1.54, 1.807) is 6.92 Å². The van der Waals surface area contributed by atoms with Gasteiger partial charge in [0.05, 0.1) is 0 Å². The number of hydrogen-bond acceptors (Lipinski definition) is 2. The molecule has 0 radical (unpaired) electrons. The predicted molar refractivity (Wildman–Crippen MR) is 78.3 cm³/mol. The molecule has 2 heteroatoms. The van der Waals surface area contributed by atoms with Crippen LogP contribution in [-0.2, 0) is 11.3 Å². The summed E-state index contributed by atoms with van der Waals surface area (Å²) in [5.41, 5.74) is 3.30. The standard InChI is InChI=1S/C17H21NO/c1-4-16-10-11-18(13(2)17(16)14(3)19)12-15-8-6-5-7-9-15/h5-11,16H,4,12H2,1-3H3. The first-order chi connectivity index (χ1) is 9.13. The minimum absolute atomic E-state index is 0.187. The second-order valence-electron chi connectivity index (χ2n) is 5.03. The Hall–Kier alpha value is -1.83. The highest BCUT2D eigenvalue weighted by molar-refractivity contribution is 5.95. The molecule has 19 heavy (non-hydrogen) atoms. The first kappa shape index (κ1) is 13.6. The zero-order valence-corrected chi connectivity index (χ0v) is 11.9. The summed E-state index contributed by atoms with van der Waals surface area (Å²) in [5.74, 6) is 0.455. The summed E-state index contributed by atoms with van der Waals surface area (Å²) in [6.07, 6.45) is 5.23. The second-order valence-corrected chi connectivity index (χ2v) is 5.03. The van der Waals surface area contributed by atoms with Gasteiger partial charge in [-0.3, -0.25) is 4.79 Å². The lowest BCUT2D eigenvalue weighted by atomic mass is 9.89. The number of hydrogen-bond donors (Lipinski definition) is 0. The van der Waals surface area contributed by atoms with Crippen molar-refractivity contribution in [3.05, 3.63) is 59.4 Å². The molecule has 0 saturated carbocycles. The molecule has 0 spiro atoms. The van der Waals surface area contributed by atoms with Gasteiger partial charge in [0, 0.05) is 29.9 Å². The van der Waals surface area contributed by atoms with E-state index < -0.39 is 0 Å². The third-order valence-corrected chi connectivity index (χ3v) is 3.70. The Balaban J connectivity index is 2.26. The molecule has 0 amide bonds. The van der Waals surface area contributed by atoms with Crippen molar-refractivity contribution >= 4 is 5.78 Å². The third kappa shape index (κ3) is 2.95. The molecule has 0 saturated heterocycles. The van der Waals surface area contributed by atoms with Crippen LogP contribution < -0.4 is 0 Å². The Morgan fingerprint density at radius 1 is 1.26 bits per heavy atom. The highest BCUT2D eigenvalue weighted by Crippen LogP contribution is 2.29. The van der Waals surface area contributed by atoms with Crippen molar-refractivity contribution in [2.45, 2.75) is 33.7 Å².